The van der Waals surface area contributed by atoms with E-state index < -0.39 is 0 Å². The highest BCUT2D eigenvalue weighted by molar-refractivity contribution is 5.76. The van der Waals surface area contributed by atoms with E-state index >= 15 is 0 Å². The number of aryl methyl sites for hydroxylation is 1. The summed E-state index contributed by atoms with van der Waals surface area (Å²) >= 11 is 0. The number of aromatic nitrogens is 3. The van der Waals surface area contributed by atoms with E-state index in [1.807, 2.05) is 18.2 Å². The zero-order valence-corrected chi connectivity index (χ0v) is 17.6. The molecule has 0 aliphatic carbocycles. The summed E-state index contributed by atoms with van der Waals surface area (Å²) in [6.07, 6.45) is 8.16. The summed E-state index contributed by atoms with van der Waals surface area (Å²) in [5.74, 6) is 1.89. The molecule has 30 heavy (non-hydrogen) atoms. The first-order valence-corrected chi connectivity index (χ1v) is 10.5. The monoisotopic (exact) mass is 408 g/mol. The third-order valence-electron chi connectivity index (χ3n) is 5.57. The van der Waals surface area contributed by atoms with Crippen molar-refractivity contribution in [3.8, 4) is 17.2 Å². The first kappa shape index (κ1) is 20.3. The van der Waals surface area contributed by atoms with Crippen molar-refractivity contribution in [3.05, 3.63) is 52.8 Å². The van der Waals surface area contributed by atoms with Gasteiger partial charge in [0.1, 0.15) is 17.3 Å². The van der Waals surface area contributed by atoms with Crippen molar-refractivity contribution in [2.24, 2.45) is 0 Å². The molecule has 1 aliphatic rings. The van der Waals surface area contributed by atoms with Crippen molar-refractivity contribution in [2.45, 2.75) is 32.6 Å². The van der Waals surface area contributed by atoms with Crippen LogP contribution in [0.5, 0.6) is 11.5 Å². The third kappa shape index (κ3) is 4.31. The van der Waals surface area contributed by atoms with Crippen molar-refractivity contribution >= 4 is 10.9 Å². The molecule has 1 aromatic carbocycles. The van der Waals surface area contributed by atoms with Gasteiger partial charge in [0, 0.05) is 18.8 Å². The molecule has 7 nitrogen and oxygen atoms in total. The molecule has 0 spiro atoms. The molecule has 0 atom stereocenters. The van der Waals surface area contributed by atoms with E-state index in [9.17, 15) is 4.79 Å². The Kier molecular flexibility index (Phi) is 6.28. The van der Waals surface area contributed by atoms with Crippen LogP contribution in [0.4, 0.5) is 0 Å². The molecule has 1 saturated heterocycles. The standard InChI is InChI=1S/C23H28N4O3/c1-17-25-20-16-24-10-9-19(20)23(28)27(17)21-8-7-18(15-22(21)29-2)30-14-6-13-26-11-4-3-5-12-26/h7-10,15-16H,3-6,11-14H2,1-2H3. The van der Waals surface area contributed by atoms with Crippen molar-refractivity contribution in [2.75, 3.05) is 33.4 Å². The number of methoxy groups -OCH3 is 1. The highest BCUT2D eigenvalue weighted by Gasteiger charge is 2.15. The van der Waals surface area contributed by atoms with Gasteiger partial charge in [0.25, 0.3) is 5.56 Å². The molecule has 4 rings (SSSR count). The number of likely N-dealkylation sites (tertiary alicyclic amines) is 1. The Labute approximate surface area is 176 Å². The summed E-state index contributed by atoms with van der Waals surface area (Å²) in [5, 5.41) is 0.524. The van der Waals surface area contributed by atoms with E-state index in [1.54, 1.807) is 37.1 Å². The molecule has 0 N–H and O–H groups in total. The normalized spacial score (nSPS) is 14.7. The molecular weight excluding hydrogens is 380 g/mol. The third-order valence-corrected chi connectivity index (χ3v) is 5.57. The average Bonchev–Trinajstić information content (AvgIpc) is 2.78. The maximum atomic E-state index is 13.1. The summed E-state index contributed by atoms with van der Waals surface area (Å²) in [6.45, 7) is 5.93. The van der Waals surface area contributed by atoms with Crippen LogP contribution < -0.4 is 15.0 Å². The van der Waals surface area contributed by atoms with E-state index in [0.29, 0.717) is 34.8 Å². The molecule has 1 fully saturated rings. The molecule has 0 bridgehead atoms. The highest BCUT2D eigenvalue weighted by Crippen LogP contribution is 2.28. The lowest BCUT2D eigenvalue weighted by Crippen LogP contribution is -2.31. The van der Waals surface area contributed by atoms with Gasteiger partial charge in [-0.3, -0.25) is 14.3 Å². The van der Waals surface area contributed by atoms with E-state index in [4.69, 9.17) is 9.47 Å². The fourth-order valence-corrected chi connectivity index (χ4v) is 4.03. The van der Waals surface area contributed by atoms with Gasteiger partial charge in [0.05, 0.1) is 36.5 Å². The molecule has 3 heterocycles. The van der Waals surface area contributed by atoms with Gasteiger partial charge in [0.15, 0.2) is 0 Å². The molecule has 7 heteroatoms. The predicted octanol–water partition coefficient (Wildman–Crippen LogP) is 3.35. The summed E-state index contributed by atoms with van der Waals surface area (Å²) in [6, 6.07) is 7.25. The number of hydrogen-bond acceptors (Lipinski definition) is 6. The second-order valence-electron chi connectivity index (χ2n) is 7.63. The lowest BCUT2D eigenvalue weighted by Gasteiger charge is -2.26. The van der Waals surface area contributed by atoms with E-state index in [-0.39, 0.29) is 5.56 Å². The zero-order chi connectivity index (χ0) is 20.9. The highest BCUT2D eigenvalue weighted by atomic mass is 16.5. The van der Waals surface area contributed by atoms with Crippen molar-refractivity contribution < 1.29 is 9.47 Å². The van der Waals surface area contributed by atoms with Crippen LogP contribution in [0.3, 0.4) is 0 Å². The van der Waals surface area contributed by atoms with Gasteiger partial charge in [-0.15, -0.1) is 0 Å². The Morgan fingerprint density at radius 2 is 1.97 bits per heavy atom. The van der Waals surface area contributed by atoms with Crippen molar-refractivity contribution in [3.63, 3.8) is 0 Å². The first-order valence-electron chi connectivity index (χ1n) is 10.5. The smallest absolute Gasteiger partial charge is 0.266 e. The lowest BCUT2D eigenvalue weighted by molar-refractivity contribution is 0.205. The molecule has 3 aromatic rings. The summed E-state index contributed by atoms with van der Waals surface area (Å²) in [4.78, 5) is 24.2. The van der Waals surface area contributed by atoms with Gasteiger partial charge in [-0.05, 0) is 57.5 Å². The molecule has 1 aliphatic heterocycles. The van der Waals surface area contributed by atoms with Gasteiger partial charge in [-0.25, -0.2) is 4.98 Å². The Bertz CT molecular complexity index is 1070. The minimum absolute atomic E-state index is 0.145. The van der Waals surface area contributed by atoms with Crippen LogP contribution in [0.1, 0.15) is 31.5 Å². The average molecular weight is 409 g/mol. The van der Waals surface area contributed by atoms with Gasteiger partial charge in [-0.2, -0.15) is 0 Å². The molecular formula is C23H28N4O3. The number of pyridine rings is 1. The van der Waals surface area contributed by atoms with Crippen molar-refractivity contribution in [1.82, 2.24) is 19.4 Å². The predicted molar refractivity (Wildman–Crippen MR) is 117 cm³/mol. The molecule has 0 saturated carbocycles. The Hall–Kier alpha value is -2.93. The summed E-state index contributed by atoms with van der Waals surface area (Å²) in [7, 11) is 1.59. The molecule has 158 valence electrons. The van der Waals surface area contributed by atoms with Crippen LogP contribution >= 0.6 is 0 Å². The minimum atomic E-state index is -0.145. The van der Waals surface area contributed by atoms with Crippen LogP contribution in [0, 0.1) is 6.92 Å². The molecule has 2 aromatic heterocycles. The summed E-state index contributed by atoms with van der Waals surface area (Å²) < 4.78 is 13.1. The van der Waals surface area contributed by atoms with Crippen LogP contribution in [-0.2, 0) is 0 Å². The fourth-order valence-electron chi connectivity index (χ4n) is 4.03. The fraction of sp³-hybridized carbons (Fsp3) is 0.435. The number of fused-ring (bicyclic) bond motifs is 1. The number of hydrogen-bond donors (Lipinski definition) is 0. The Balaban J connectivity index is 1.51. The Morgan fingerprint density at radius 1 is 1.13 bits per heavy atom. The quantitative estimate of drug-likeness (QED) is 0.559. The second-order valence-corrected chi connectivity index (χ2v) is 7.63. The van der Waals surface area contributed by atoms with Crippen LogP contribution in [0.15, 0.2) is 41.5 Å². The molecule has 0 unspecified atom stereocenters. The maximum Gasteiger partial charge on any atom is 0.266 e. The van der Waals surface area contributed by atoms with Gasteiger partial charge >= 0.3 is 0 Å². The van der Waals surface area contributed by atoms with E-state index in [1.165, 1.54) is 32.4 Å². The van der Waals surface area contributed by atoms with Crippen LogP contribution in [-0.4, -0.2) is 52.8 Å². The number of ether oxygens (including phenoxy) is 2. The van der Waals surface area contributed by atoms with Crippen molar-refractivity contribution in [1.29, 1.82) is 0 Å². The largest absolute Gasteiger partial charge is 0.494 e. The van der Waals surface area contributed by atoms with E-state index in [2.05, 4.69) is 14.9 Å². The van der Waals surface area contributed by atoms with Gasteiger partial charge < -0.3 is 14.4 Å². The molecule has 0 radical (unpaired) electrons. The number of piperidine rings is 1. The molecule has 0 amide bonds. The van der Waals surface area contributed by atoms with Crippen LogP contribution in [0.25, 0.3) is 16.6 Å². The zero-order valence-electron chi connectivity index (χ0n) is 17.6. The van der Waals surface area contributed by atoms with Crippen LogP contribution in [0.2, 0.25) is 0 Å². The Morgan fingerprint density at radius 3 is 2.77 bits per heavy atom. The van der Waals surface area contributed by atoms with Gasteiger partial charge in [0.2, 0.25) is 0 Å². The first-order chi connectivity index (χ1) is 14.7. The number of rotatable bonds is 7. The number of nitrogens with zero attached hydrogens (tertiary/aromatic N) is 4. The SMILES string of the molecule is COc1cc(OCCCN2CCCCC2)ccc1-n1c(C)nc2cnccc2c1=O. The second kappa shape index (κ2) is 9.26. The lowest BCUT2D eigenvalue weighted by atomic mass is 10.1. The maximum absolute atomic E-state index is 13.1. The minimum Gasteiger partial charge on any atom is -0.494 e. The topological polar surface area (TPSA) is 69.5 Å². The summed E-state index contributed by atoms with van der Waals surface area (Å²) in [5.41, 5.74) is 1.09. The number of benzene rings is 1. The van der Waals surface area contributed by atoms with E-state index in [0.717, 1.165) is 18.7 Å². The van der Waals surface area contributed by atoms with Gasteiger partial charge in [-0.1, -0.05) is 6.42 Å².